The molecule has 0 saturated heterocycles. The Morgan fingerprint density at radius 2 is 1.55 bits per heavy atom. The second-order valence-corrected chi connectivity index (χ2v) is 6.45. The fourth-order valence-electron chi connectivity index (χ4n) is 3.55. The van der Waals surface area contributed by atoms with Crippen molar-refractivity contribution in [3.8, 4) is 11.5 Å². The lowest BCUT2D eigenvalue weighted by molar-refractivity contribution is 0.410. The average Bonchev–Trinajstić information content (AvgIpc) is 2.73. The Hall–Kier alpha value is -1.96. The largest absolute Gasteiger partial charge is 0.497 e. The Morgan fingerprint density at radius 1 is 0.864 bits per heavy atom. The molecule has 0 spiro atoms. The van der Waals surface area contributed by atoms with Crippen molar-refractivity contribution in [2.24, 2.45) is 0 Å². The first kappa shape index (κ1) is 15.0. The number of hydrogen-bond acceptors (Lipinski definition) is 2. The highest BCUT2D eigenvalue weighted by molar-refractivity contribution is 5.40. The summed E-state index contributed by atoms with van der Waals surface area (Å²) in [6.45, 7) is 2.38. The molecule has 0 aliphatic heterocycles. The van der Waals surface area contributed by atoms with Gasteiger partial charge in [0.15, 0.2) is 0 Å². The van der Waals surface area contributed by atoms with Crippen LogP contribution in [-0.4, -0.2) is 14.2 Å². The first-order valence-electron chi connectivity index (χ1n) is 7.95. The topological polar surface area (TPSA) is 18.5 Å². The number of benzene rings is 2. The highest BCUT2D eigenvalue weighted by atomic mass is 16.5. The minimum absolute atomic E-state index is 0.187. The average molecular weight is 296 g/mol. The SMILES string of the molecule is COc1ccc(C2(C)CCCc3cc(OC)ccc3C2)cc1. The van der Waals surface area contributed by atoms with Crippen LogP contribution in [0, 0.1) is 0 Å². The van der Waals surface area contributed by atoms with Crippen LogP contribution in [0.4, 0.5) is 0 Å². The van der Waals surface area contributed by atoms with Gasteiger partial charge in [-0.1, -0.05) is 25.1 Å². The Labute approximate surface area is 133 Å². The Kier molecular flexibility index (Phi) is 4.10. The van der Waals surface area contributed by atoms with Gasteiger partial charge in [0.2, 0.25) is 0 Å². The number of fused-ring (bicyclic) bond motifs is 1. The zero-order chi connectivity index (χ0) is 15.6. The van der Waals surface area contributed by atoms with Gasteiger partial charge in [-0.3, -0.25) is 0 Å². The number of ether oxygens (including phenoxy) is 2. The molecule has 0 fully saturated rings. The summed E-state index contributed by atoms with van der Waals surface area (Å²) in [4.78, 5) is 0. The molecule has 0 saturated carbocycles. The molecule has 1 atom stereocenters. The molecule has 2 heteroatoms. The summed E-state index contributed by atoms with van der Waals surface area (Å²) in [6, 6.07) is 15.1. The fraction of sp³-hybridized carbons (Fsp3) is 0.400. The molecule has 0 heterocycles. The summed E-state index contributed by atoms with van der Waals surface area (Å²) < 4.78 is 10.7. The minimum atomic E-state index is 0.187. The van der Waals surface area contributed by atoms with Gasteiger partial charge in [-0.05, 0) is 72.1 Å². The molecule has 0 N–H and O–H groups in total. The summed E-state index contributed by atoms with van der Waals surface area (Å²) in [6.07, 6.45) is 4.63. The van der Waals surface area contributed by atoms with Gasteiger partial charge in [-0.15, -0.1) is 0 Å². The Morgan fingerprint density at radius 3 is 2.23 bits per heavy atom. The first-order chi connectivity index (χ1) is 10.6. The Balaban J connectivity index is 1.93. The van der Waals surface area contributed by atoms with Crippen LogP contribution in [-0.2, 0) is 18.3 Å². The van der Waals surface area contributed by atoms with Crippen LogP contribution in [0.3, 0.4) is 0 Å². The van der Waals surface area contributed by atoms with Crippen molar-refractivity contribution in [3.05, 3.63) is 59.2 Å². The second-order valence-electron chi connectivity index (χ2n) is 6.45. The highest BCUT2D eigenvalue weighted by Crippen LogP contribution is 2.38. The normalized spacial score (nSPS) is 20.9. The lowest BCUT2D eigenvalue weighted by Crippen LogP contribution is -2.24. The third-order valence-electron chi connectivity index (χ3n) is 4.96. The minimum Gasteiger partial charge on any atom is -0.497 e. The van der Waals surface area contributed by atoms with Crippen molar-refractivity contribution >= 4 is 0 Å². The van der Waals surface area contributed by atoms with Crippen LogP contribution >= 0.6 is 0 Å². The lowest BCUT2D eigenvalue weighted by atomic mass is 9.75. The smallest absolute Gasteiger partial charge is 0.119 e. The monoisotopic (exact) mass is 296 g/mol. The molecule has 1 aliphatic rings. The molecule has 0 aromatic heterocycles. The maximum absolute atomic E-state index is 5.37. The van der Waals surface area contributed by atoms with Gasteiger partial charge in [0.25, 0.3) is 0 Å². The van der Waals surface area contributed by atoms with Gasteiger partial charge >= 0.3 is 0 Å². The van der Waals surface area contributed by atoms with Crippen LogP contribution < -0.4 is 9.47 Å². The van der Waals surface area contributed by atoms with Gasteiger partial charge in [0, 0.05) is 0 Å². The molecule has 0 bridgehead atoms. The van der Waals surface area contributed by atoms with E-state index in [1.807, 2.05) is 0 Å². The highest BCUT2D eigenvalue weighted by Gasteiger charge is 2.30. The summed E-state index contributed by atoms with van der Waals surface area (Å²) in [5.74, 6) is 1.89. The van der Waals surface area contributed by atoms with Gasteiger partial charge in [-0.2, -0.15) is 0 Å². The van der Waals surface area contributed by atoms with Crippen LogP contribution in [0.5, 0.6) is 11.5 Å². The predicted octanol–water partition coefficient (Wildman–Crippen LogP) is 4.54. The van der Waals surface area contributed by atoms with E-state index in [1.165, 1.54) is 29.5 Å². The van der Waals surface area contributed by atoms with E-state index >= 15 is 0 Å². The molecule has 1 unspecified atom stereocenters. The van der Waals surface area contributed by atoms with Crippen LogP contribution in [0.2, 0.25) is 0 Å². The molecule has 0 radical (unpaired) electrons. The van der Waals surface area contributed by atoms with Gasteiger partial charge in [-0.25, -0.2) is 0 Å². The van der Waals surface area contributed by atoms with Crippen LogP contribution in [0.25, 0.3) is 0 Å². The van der Waals surface area contributed by atoms with E-state index in [0.29, 0.717) is 0 Å². The fourth-order valence-corrected chi connectivity index (χ4v) is 3.55. The molecule has 22 heavy (non-hydrogen) atoms. The van der Waals surface area contributed by atoms with E-state index in [9.17, 15) is 0 Å². The summed E-state index contributed by atoms with van der Waals surface area (Å²) in [5, 5.41) is 0. The zero-order valence-corrected chi connectivity index (χ0v) is 13.7. The summed E-state index contributed by atoms with van der Waals surface area (Å²) in [7, 11) is 3.45. The quantitative estimate of drug-likeness (QED) is 0.774. The molecule has 2 aromatic rings. The van der Waals surface area contributed by atoms with Crippen molar-refractivity contribution in [1.29, 1.82) is 0 Å². The summed E-state index contributed by atoms with van der Waals surface area (Å²) in [5.41, 5.74) is 4.48. The molecule has 3 rings (SSSR count). The molecule has 116 valence electrons. The van der Waals surface area contributed by atoms with E-state index < -0.39 is 0 Å². The van der Waals surface area contributed by atoms with Crippen molar-refractivity contribution < 1.29 is 9.47 Å². The third kappa shape index (κ3) is 2.83. The maximum atomic E-state index is 5.37. The molecule has 1 aliphatic carbocycles. The summed E-state index contributed by atoms with van der Waals surface area (Å²) >= 11 is 0. The maximum Gasteiger partial charge on any atom is 0.119 e. The van der Waals surface area contributed by atoms with Gasteiger partial charge in [0.1, 0.15) is 11.5 Å². The number of aryl methyl sites for hydroxylation is 1. The van der Waals surface area contributed by atoms with E-state index in [4.69, 9.17) is 9.47 Å². The van der Waals surface area contributed by atoms with Crippen LogP contribution in [0.1, 0.15) is 36.5 Å². The molecule has 0 amide bonds. The number of rotatable bonds is 3. The lowest BCUT2D eigenvalue weighted by Gasteiger charge is -2.29. The molecule has 2 nitrogen and oxygen atoms in total. The molecule has 2 aromatic carbocycles. The van der Waals surface area contributed by atoms with E-state index in [2.05, 4.69) is 49.4 Å². The van der Waals surface area contributed by atoms with Crippen LogP contribution in [0.15, 0.2) is 42.5 Å². The third-order valence-corrected chi connectivity index (χ3v) is 4.96. The number of methoxy groups -OCH3 is 2. The standard InChI is InChI=1S/C20H24O2/c1-20(17-7-10-18(21-2)11-8-17)12-4-5-15-13-19(22-3)9-6-16(15)14-20/h6-11,13H,4-5,12,14H2,1-3H3. The van der Waals surface area contributed by atoms with Crippen molar-refractivity contribution in [1.82, 2.24) is 0 Å². The van der Waals surface area contributed by atoms with Crippen molar-refractivity contribution in [2.75, 3.05) is 14.2 Å². The Bertz CT molecular complexity index is 645. The van der Waals surface area contributed by atoms with E-state index in [0.717, 1.165) is 24.3 Å². The zero-order valence-electron chi connectivity index (χ0n) is 13.7. The van der Waals surface area contributed by atoms with E-state index in [1.54, 1.807) is 14.2 Å². The van der Waals surface area contributed by atoms with E-state index in [-0.39, 0.29) is 5.41 Å². The predicted molar refractivity (Wildman–Crippen MR) is 90.0 cm³/mol. The van der Waals surface area contributed by atoms with Crippen molar-refractivity contribution in [2.45, 2.75) is 38.0 Å². The van der Waals surface area contributed by atoms with Gasteiger partial charge in [0.05, 0.1) is 14.2 Å². The number of hydrogen-bond donors (Lipinski definition) is 0. The molecular weight excluding hydrogens is 272 g/mol. The first-order valence-corrected chi connectivity index (χ1v) is 7.95. The molecular formula is C20H24O2. The van der Waals surface area contributed by atoms with Gasteiger partial charge < -0.3 is 9.47 Å². The second kappa shape index (κ2) is 6.04. The van der Waals surface area contributed by atoms with Crippen molar-refractivity contribution in [3.63, 3.8) is 0 Å².